The molecule has 0 bridgehead atoms. The van der Waals surface area contributed by atoms with Crippen molar-refractivity contribution in [2.45, 2.75) is 56.3 Å². The summed E-state index contributed by atoms with van der Waals surface area (Å²) in [6, 6.07) is 5.76. The van der Waals surface area contributed by atoms with Crippen LogP contribution in [0.25, 0.3) is 0 Å². The molecule has 1 saturated carbocycles. The highest BCUT2D eigenvalue weighted by Crippen LogP contribution is 2.44. The number of rotatable bonds is 7. The fourth-order valence-electron chi connectivity index (χ4n) is 3.84. The molecule has 2 N–H and O–H groups in total. The number of hydrogen-bond acceptors (Lipinski definition) is 3. The maximum atomic E-state index is 13.1. The van der Waals surface area contributed by atoms with Crippen molar-refractivity contribution in [1.82, 2.24) is 10.6 Å². The maximum Gasteiger partial charge on any atom is 0.416 e. The van der Waals surface area contributed by atoms with Crippen molar-refractivity contribution in [2.24, 2.45) is 4.99 Å². The molecule has 162 valence electrons. The highest BCUT2D eigenvalue weighted by Gasteiger charge is 2.40. The van der Waals surface area contributed by atoms with Crippen molar-refractivity contribution in [3.8, 4) is 0 Å². The Kier molecular flexibility index (Phi) is 7.05. The van der Waals surface area contributed by atoms with Gasteiger partial charge in [0.05, 0.1) is 24.9 Å². The maximum absolute atomic E-state index is 13.1. The Morgan fingerprint density at radius 2 is 2.17 bits per heavy atom. The third-order valence-corrected chi connectivity index (χ3v) is 5.78. The SMILES string of the molecule is CN=C(NCC1(c2cccc(C(F)(F)F)c2)CCC1)NC(C)COC1CCOC1. The van der Waals surface area contributed by atoms with E-state index in [-0.39, 0.29) is 17.6 Å². The fourth-order valence-corrected chi connectivity index (χ4v) is 3.84. The Morgan fingerprint density at radius 1 is 1.38 bits per heavy atom. The van der Waals surface area contributed by atoms with Crippen LogP contribution < -0.4 is 10.6 Å². The van der Waals surface area contributed by atoms with Crippen LogP contribution in [0, 0.1) is 0 Å². The Bertz CT molecular complexity index is 699. The van der Waals surface area contributed by atoms with E-state index >= 15 is 0 Å². The summed E-state index contributed by atoms with van der Waals surface area (Å²) in [7, 11) is 1.69. The van der Waals surface area contributed by atoms with Crippen LogP contribution in [0.1, 0.15) is 43.7 Å². The first kappa shape index (κ1) is 21.9. The van der Waals surface area contributed by atoms with Gasteiger partial charge in [0.25, 0.3) is 0 Å². The summed E-state index contributed by atoms with van der Waals surface area (Å²) in [4.78, 5) is 4.25. The van der Waals surface area contributed by atoms with Crippen LogP contribution in [-0.4, -0.2) is 51.5 Å². The van der Waals surface area contributed by atoms with Crippen molar-refractivity contribution in [3.05, 3.63) is 35.4 Å². The smallest absolute Gasteiger partial charge is 0.379 e. The van der Waals surface area contributed by atoms with E-state index in [0.29, 0.717) is 25.7 Å². The van der Waals surface area contributed by atoms with E-state index in [9.17, 15) is 13.2 Å². The van der Waals surface area contributed by atoms with Crippen LogP contribution in [0.15, 0.2) is 29.3 Å². The van der Waals surface area contributed by atoms with E-state index in [1.807, 2.05) is 6.92 Å². The Labute approximate surface area is 170 Å². The lowest BCUT2D eigenvalue weighted by Gasteiger charge is -2.43. The predicted molar refractivity (Wildman–Crippen MR) is 106 cm³/mol. The third-order valence-electron chi connectivity index (χ3n) is 5.78. The molecule has 5 nitrogen and oxygen atoms in total. The van der Waals surface area contributed by atoms with E-state index in [1.54, 1.807) is 13.1 Å². The van der Waals surface area contributed by atoms with Crippen molar-refractivity contribution in [2.75, 3.05) is 33.4 Å². The normalized spacial score (nSPS) is 22.8. The van der Waals surface area contributed by atoms with Gasteiger partial charge in [-0.15, -0.1) is 0 Å². The van der Waals surface area contributed by atoms with Crippen LogP contribution >= 0.6 is 0 Å². The molecule has 0 amide bonds. The van der Waals surface area contributed by atoms with Gasteiger partial charge in [0.2, 0.25) is 0 Å². The molecule has 0 radical (unpaired) electrons. The number of ether oxygens (including phenoxy) is 2. The lowest BCUT2D eigenvalue weighted by atomic mass is 9.64. The Hall–Kier alpha value is -1.80. The van der Waals surface area contributed by atoms with Crippen molar-refractivity contribution < 1.29 is 22.6 Å². The first-order valence-electron chi connectivity index (χ1n) is 10.2. The van der Waals surface area contributed by atoms with Gasteiger partial charge in [-0.2, -0.15) is 13.2 Å². The molecule has 2 fully saturated rings. The molecule has 3 rings (SSSR count). The zero-order valence-electron chi connectivity index (χ0n) is 17.0. The minimum absolute atomic E-state index is 0.0488. The fraction of sp³-hybridized carbons (Fsp3) is 0.667. The number of aliphatic imine (C=N–C) groups is 1. The molecular formula is C21H30F3N3O2. The molecular weight excluding hydrogens is 383 g/mol. The van der Waals surface area contributed by atoms with E-state index in [2.05, 4.69) is 15.6 Å². The summed E-state index contributed by atoms with van der Waals surface area (Å²) in [5, 5.41) is 6.60. The van der Waals surface area contributed by atoms with E-state index < -0.39 is 11.7 Å². The molecule has 2 unspecified atom stereocenters. The summed E-state index contributed by atoms with van der Waals surface area (Å²) >= 11 is 0. The van der Waals surface area contributed by atoms with Crippen molar-refractivity contribution in [3.63, 3.8) is 0 Å². The Balaban J connectivity index is 1.56. The Morgan fingerprint density at radius 3 is 2.76 bits per heavy atom. The molecule has 1 aliphatic carbocycles. The molecule has 1 aliphatic heterocycles. The lowest BCUT2D eigenvalue weighted by Crippen LogP contribution is -2.51. The molecule has 29 heavy (non-hydrogen) atoms. The molecule has 0 aromatic heterocycles. The summed E-state index contributed by atoms with van der Waals surface area (Å²) < 4.78 is 50.5. The largest absolute Gasteiger partial charge is 0.416 e. The van der Waals surface area contributed by atoms with Gasteiger partial charge in [0.15, 0.2) is 5.96 Å². The molecule has 1 saturated heterocycles. The van der Waals surface area contributed by atoms with E-state index in [1.165, 1.54) is 12.1 Å². The number of nitrogens with zero attached hydrogens (tertiary/aromatic N) is 1. The summed E-state index contributed by atoms with van der Waals surface area (Å²) in [5.41, 5.74) is -0.149. The van der Waals surface area contributed by atoms with Crippen molar-refractivity contribution in [1.29, 1.82) is 0 Å². The number of nitrogens with one attached hydrogen (secondary N) is 2. The van der Waals surface area contributed by atoms with Crippen LogP contribution in [0.4, 0.5) is 13.2 Å². The van der Waals surface area contributed by atoms with Gasteiger partial charge < -0.3 is 20.1 Å². The minimum atomic E-state index is -4.33. The quantitative estimate of drug-likeness (QED) is 0.531. The number of hydrogen-bond donors (Lipinski definition) is 2. The lowest BCUT2D eigenvalue weighted by molar-refractivity contribution is -0.137. The topological polar surface area (TPSA) is 54.9 Å². The molecule has 1 heterocycles. The zero-order valence-corrected chi connectivity index (χ0v) is 17.0. The van der Waals surface area contributed by atoms with Crippen LogP contribution in [0.5, 0.6) is 0 Å². The number of guanidine groups is 1. The average molecular weight is 413 g/mol. The molecule has 1 aromatic rings. The van der Waals surface area contributed by atoms with Crippen LogP contribution in [-0.2, 0) is 21.1 Å². The first-order valence-corrected chi connectivity index (χ1v) is 10.2. The second-order valence-corrected chi connectivity index (χ2v) is 8.00. The number of halogens is 3. The van der Waals surface area contributed by atoms with Crippen molar-refractivity contribution >= 4 is 5.96 Å². The van der Waals surface area contributed by atoms with Gasteiger partial charge in [-0.3, -0.25) is 4.99 Å². The predicted octanol–water partition coefficient (Wildman–Crippen LogP) is 3.49. The summed E-state index contributed by atoms with van der Waals surface area (Å²) in [6.45, 7) is 4.46. The molecule has 0 spiro atoms. The van der Waals surface area contributed by atoms with E-state index in [4.69, 9.17) is 9.47 Å². The van der Waals surface area contributed by atoms with Gasteiger partial charge >= 0.3 is 6.18 Å². The number of alkyl halides is 3. The van der Waals surface area contributed by atoms with Crippen LogP contribution in [0.3, 0.4) is 0 Å². The molecule has 2 atom stereocenters. The van der Waals surface area contributed by atoms with Gasteiger partial charge in [-0.05, 0) is 37.8 Å². The summed E-state index contributed by atoms with van der Waals surface area (Å²) in [6.07, 6.45) is -0.534. The first-order chi connectivity index (χ1) is 13.8. The second-order valence-electron chi connectivity index (χ2n) is 8.00. The molecule has 2 aliphatic rings. The van der Waals surface area contributed by atoms with Gasteiger partial charge in [0, 0.05) is 31.7 Å². The highest BCUT2D eigenvalue weighted by atomic mass is 19.4. The highest BCUT2D eigenvalue weighted by molar-refractivity contribution is 5.80. The van der Waals surface area contributed by atoms with E-state index in [0.717, 1.165) is 43.9 Å². The minimum Gasteiger partial charge on any atom is -0.379 e. The van der Waals surface area contributed by atoms with Gasteiger partial charge in [-0.1, -0.05) is 24.6 Å². The second kappa shape index (κ2) is 9.34. The zero-order chi connectivity index (χ0) is 20.9. The number of benzene rings is 1. The van der Waals surface area contributed by atoms with Gasteiger partial charge in [0.1, 0.15) is 0 Å². The van der Waals surface area contributed by atoms with Crippen LogP contribution in [0.2, 0.25) is 0 Å². The van der Waals surface area contributed by atoms with Gasteiger partial charge in [-0.25, -0.2) is 0 Å². The average Bonchev–Trinajstić information content (AvgIpc) is 3.18. The monoisotopic (exact) mass is 413 g/mol. The molecule has 8 heteroatoms. The summed E-state index contributed by atoms with van der Waals surface area (Å²) in [5.74, 6) is 0.627. The standard InChI is InChI=1S/C21H30F3N3O2/c1-15(12-29-18-7-10-28-13-18)27-19(25-2)26-14-20(8-4-9-20)16-5-3-6-17(11-16)21(22,23)24/h3,5-6,11,15,18H,4,7-10,12-14H2,1-2H3,(H2,25,26,27). The third kappa shape index (κ3) is 5.63. The molecule has 1 aromatic carbocycles.